The summed E-state index contributed by atoms with van der Waals surface area (Å²) in [7, 11) is -1.85. The maximum absolute atomic E-state index is 2.62. The number of hydrogen-bond acceptors (Lipinski definition) is 0. The van der Waals surface area contributed by atoms with E-state index < -0.39 is 8.07 Å². The van der Waals surface area contributed by atoms with E-state index in [0.29, 0.717) is 11.1 Å². The van der Waals surface area contributed by atoms with Gasteiger partial charge in [0.1, 0.15) is 0 Å². The lowest BCUT2D eigenvalue weighted by atomic mass is 9.97. The van der Waals surface area contributed by atoms with Crippen molar-refractivity contribution in [3.8, 4) is 22.3 Å². The minimum absolute atomic E-state index is 0.515. The molecule has 0 heterocycles. The molecule has 0 N–H and O–H groups in total. The normalized spacial score (nSPS) is 17.6. The Morgan fingerprint density at radius 3 is 1.26 bits per heavy atom. The molecule has 4 aromatic rings. The molecule has 0 spiro atoms. The Hall–Kier alpha value is -3.42. The predicted molar refractivity (Wildman–Crippen MR) is 170 cm³/mol. The zero-order valence-electron chi connectivity index (χ0n) is 23.8. The van der Waals surface area contributed by atoms with Gasteiger partial charge in [-0.1, -0.05) is 154 Å². The number of allylic oxidation sites excluding steroid dienone is 2. The number of benzene rings is 4. The molecular formula is C37H40Si. The molecule has 0 fully saturated rings. The van der Waals surface area contributed by atoms with Crippen LogP contribution in [0.1, 0.15) is 67.5 Å². The molecule has 0 aliphatic heterocycles. The van der Waals surface area contributed by atoms with E-state index in [0.717, 1.165) is 0 Å². The van der Waals surface area contributed by atoms with E-state index in [2.05, 4.69) is 150 Å². The molecule has 0 bridgehead atoms. The molecule has 0 saturated carbocycles. The number of fused-ring (bicyclic) bond motifs is 2. The SMILES string of the molecule is CC1=Cc2c(-c3ccccc3)cccc2C1[Si](C)(C)C1C(C)=Cc2c(-c3ccccc3)cccc21.CCC. The molecule has 38 heavy (non-hydrogen) atoms. The summed E-state index contributed by atoms with van der Waals surface area (Å²) in [5.74, 6) is 0. The lowest BCUT2D eigenvalue weighted by Gasteiger charge is -2.39. The van der Waals surface area contributed by atoms with Crippen molar-refractivity contribution in [3.63, 3.8) is 0 Å². The van der Waals surface area contributed by atoms with Crippen LogP contribution in [0, 0.1) is 0 Å². The lowest BCUT2D eigenvalue weighted by Crippen LogP contribution is -2.42. The Labute approximate surface area is 230 Å². The van der Waals surface area contributed by atoms with E-state index in [-0.39, 0.29) is 0 Å². The topological polar surface area (TPSA) is 0 Å². The Morgan fingerprint density at radius 2 is 0.895 bits per heavy atom. The summed E-state index contributed by atoms with van der Waals surface area (Å²) in [6.07, 6.45) is 6.21. The van der Waals surface area contributed by atoms with E-state index >= 15 is 0 Å². The first-order chi connectivity index (χ1) is 18.4. The summed E-state index contributed by atoms with van der Waals surface area (Å²) in [5.41, 5.74) is 15.3. The van der Waals surface area contributed by atoms with E-state index in [9.17, 15) is 0 Å². The Balaban J connectivity index is 0.000000937. The Kier molecular flexibility index (Phi) is 7.41. The van der Waals surface area contributed by atoms with Crippen molar-refractivity contribution in [2.24, 2.45) is 0 Å². The van der Waals surface area contributed by atoms with Gasteiger partial charge in [-0.15, -0.1) is 0 Å². The van der Waals surface area contributed by atoms with Crippen molar-refractivity contribution in [3.05, 3.63) is 130 Å². The fourth-order valence-corrected chi connectivity index (χ4v) is 11.9. The molecule has 2 aliphatic rings. The van der Waals surface area contributed by atoms with Crippen LogP contribution in [0.4, 0.5) is 0 Å². The summed E-state index contributed by atoms with van der Waals surface area (Å²) in [6.45, 7) is 14.2. The summed E-state index contributed by atoms with van der Waals surface area (Å²) in [5, 5.41) is 0. The molecule has 0 aromatic heterocycles. The highest BCUT2D eigenvalue weighted by Gasteiger charge is 2.47. The van der Waals surface area contributed by atoms with Gasteiger partial charge in [0.05, 0.1) is 8.07 Å². The highest BCUT2D eigenvalue weighted by atomic mass is 28.3. The van der Waals surface area contributed by atoms with Crippen molar-refractivity contribution in [2.75, 3.05) is 0 Å². The van der Waals surface area contributed by atoms with Crippen LogP contribution in [-0.4, -0.2) is 8.07 Å². The second kappa shape index (κ2) is 10.7. The van der Waals surface area contributed by atoms with Crippen LogP contribution >= 0.6 is 0 Å². The van der Waals surface area contributed by atoms with Crippen LogP contribution in [0.2, 0.25) is 13.1 Å². The van der Waals surface area contributed by atoms with Gasteiger partial charge in [-0.3, -0.25) is 0 Å². The van der Waals surface area contributed by atoms with E-state index in [1.54, 1.807) is 0 Å². The molecule has 0 saturated heterocycles. The van der Waals surface area contributed by atoms with Crippen LogP contribution < -0.4 is 0 Å². The van der Waals surface area contributed by atoms with Gasteiger partial charge >= 0.3 is 0 Å². The highest BCUT2D eigenvalue weighted by Crippen LogP contribution is 2.54. The van der Waals surface area contributed by atoms with Gasteiger partial charge in [0.25, 0.3) is 0 Å². The number of hydrogen-bond donors (Lipinski definition) is 0. The van der Waals surface area contributed by atoms with Gasteiger partial charge in [0, 0.05) is 11.1 Å². The first kappa shape index (κ1) is 26.2. The standard InChI is InChI=1S/C34H32Si.C3H8/c1-23-21-31-27(25-13-7-5-8-14-25)17-11-19-29(31)33(23)35(3,4)34-24(2)22-32-28(18-12-20-30(32)34)26-15-9-6-10-16-26;1-3-2/h5-22,33-34H,1-4H3;3H2,1-2H3. The van der Waals surface area contributed by atoms with Crippen LogP contribution in [0.5, 0.6) is 0 Å². The van der Waals surface area contributed by atoms with Crippen molar-refractivity contribution < 1.29 is 0 Å². The Morgan fingerprint density at radius 1 is 0.526 bits per heavy atom. The van der Waals surface area contributed by atoms with Crippen molar-refractivity contribution in [1.29, 1.82) is 0 Å². The Bertz CT molecular complexity index is 1380. The molecular weight excluding hydrogens is 472 g/mol. The van der Waals surface area contributed by atoms with Gasteiger partial charge in [-0.05, 0) is 58.4 Å². The van der Waals surface area contributed by atoms with Gasteiger partial charge in [-0.2, -0.15) is 0 Å². The molecule has 0 nitrogen and oxygen atoms in total. The van der Waals surface area contributed by atoms with Crippen molar-refractivity contribution >= 4 is 20.2 Å². The first-order valence-corrected chi connectivity index (χ1v) is 17.3. The second-order valence-corrected chi connectivity index (χ2v) is 16.3. The molecule has 0 amide bonds. The van der Waals surface area contributed by atoms with Crippen LogP contribution in [0.3, 0.4) is 0 Å². The lowest BCUT2D eigenvalue weighted by molar-refractivity contribution is 0.968. The molecule has 6 rings (SSSR count). The van der Waals surface area contributed by atoms with Gasteiger partial charge < -0.3 is 0 Å². The molecule has 0 radical (unpaired) electrons. The molecule has 2 atom stereocenters. The van der Waals surface area contributed by atoms with E-state index in [1.165, 1.54) is 62.1 Å². The fraction of sp³-hybridized carbons (Fsp3) is 0.243. The summed E-state index contributed by atoms with van der Waals surface area (Å²) in [6, 6.07) is 35.6. The highest BCUT2D eigenvalue weighted by molar-refractivity contribution is 6.81. The largest absolute Gasteiger partial charge is 0.0722 e. The molecule has 192 valence electrons. The molecule has 1 heteroatoms. The van der Waals surface area contributed by atoms with Gasteiger partial charge in [0.15, 0.2) is 0 Å². The third-order valence-corrected chi connectivity index (χ3v) is 12.7. The van der Waals surface area contributed by atoms with Crippen LogP contribution in [0.25, 0.3) is 34.4 Å². The van der Waals surface area contributed by atoms with Crippen molar-refractivity contribution in [1.82, 2.24) is 0 Å². The fourth-order valence-electron chi connectivity index (χ4n) is 6.99. The monoisotopic (exact) mass is 512 g/mol. The van der Waals surface area contributed by atoms with Gasteiger partial charge in [-0.25, -0.2) is 0 Å². The minimum Gasteiger partial charge on any atom is -0.0679 e. The quantitative estimate of drug-likeness (QED) is 0.238. The maximum Gasteiger partial charge on any atom is 0.0722 e. The average Bonchev–Trinajstić information content (AvgIpc) is 3.46. The zero-order valence-corrected chi connectivity index (χ0v) is 24.8. The summed E-state index contributed by atoms with van der Waals surface area (Å²) in [4.78, 5) is 0. The smallest absolute Gasteiger partial charge is 0.0679 e. The average molecular weight is 513 g/mol. The van der Waals surface area contributed by atoms with Crippen molar-refractivity contribution in [2.45, 2.75) is 58.3 Å². The summed E-state index contributed by atoms with van der Waals surface area (Å²) >= 11 is 0. The second-order valence-electron chi connectivity index (χ2n) is 11.5. The van der Waals surface area contributed by atoms with Crippen LogP contribution in [-0.2, 0) is 0 Å². The van der Waals surface area contributed by atoms with Crippen LogP contribution in [0.15, 0.2) is 108 Å². The maximum atomic E-state index is 2.62. The summed E-state index contributed by atoms with van der Waals surface area (Å²) < 4.78 is 0. The van der Waals surface area contributed by atoms with Gasteiger partial charge in [0.2, 0.25) is 0 Å². The molecule has 2 unspecified atom stereocenters. The third-order valence-electron chi connectivity index (χ3n) is 8.21. The third kappa shape index (κ3) is 4.54. The molecule has 4 aromatic carbocycles. The number of rotatable bonds is 4. The van der Waals surface area contributed by atoms with E-state index in [1.807, 2.05) is 0 Å². The zero-order chi connectivity index (χ0) is 26.9. The first-order valence-electron chi connectivity index (χ1n) is 14.1. The van der Waals surface area contributed by atoms with E-state index in [4.69, 9.17) is 0 Å². The molecule has 2 aliphatic carbocycles. The minimum atomic E-state index is -1.85. The predicted octanol–water partition coefficient (Wildman–Crippen LogP) is 10.9.